The second kappa shape index (κ2) is 13.8. The second-order valence-corrected chi connectivity index (χ2v) is 16.2. The van der Waals surface area contributed by atoms with Crippen LogP contribution in [0.3, 0.4) is 0 Å². The minimum absolute atomic E-state index is 0.109. The fourth-order valence-electron chi connectivity index (χ4n) is 10.3. The van der Waals surface area contributed by atoms with Crippen molar-refractivity contribution < 1.29 is 52.7 Å². The molecular formula is C54H20F12. The lowest BCUT2D eigenvalue weighted by atomic mass is 9.81. The van der Waals surface area contributed by atoms with Gasteiger partial charge in [0.25, 0.3) is 0 Å². The van der Waals surface area contributed by atoms with Crippen LogP contribution in [0, 0.1) is 69.8 Å². The summed E-state index contributed by atoms with van der Waals surface area (Å²) in [5.41, 5.74) is 3.04. The lowest BCUT2D eigenvalue weighted by Gasteiger charge is -2.21. The molecule has 2 aliphatic rings. The minimum Gasteiger partial charge on any atom is -0.204 e. The van der Waals surface area contributed by atoms with Gasteiger partial charge in [-0.25, -0.2) is 52.7 Å². The SMILES string of the molecule is Fc1cc(-c2c3c(c(-c4cc(F)c(F)c(F)c4)c4ccccc24)-c2ccc4c5c(ccc-3c25)-c2c-4c(-c3cc(F)c(F)c(F)c3)c3ccccc3c2-c2cc(F)c(F)c(F)c2)cc(F)c1F. The summed E-state index contributed by atoms with van der Waals surface area (Å²) in [6.07, 6.45) is 0. The van der Waals surface area contributed by atoms with Crippen molar-refractivity contribution in [3.8, 4) is 89.0 Å². The van der Waals surface area contributed by atoms with Crippen LogP contribution >= 0.6 is 0 Å². The third-order valence-corrected chi connectivity index (χ3v) is 12.8. The summed E-state index contributed by atoms with van der Waals surface area (Å²) in [4.78, 5) is 0. The average Bonchev–Trinajstić information content (AvgIpc) is 3.80. The molecule has 0 nitrogen and oxygen atoms in total. The van der Waals surface area contributed by atoms with E-state index in [1.54, 1.807) is 72.8 Å². The molecule has 0 radical (unpaired) electrons. The number of rotatable bonds is 4. The van der Waals surface area contributed by atoms with E-state index in [9.17, 15) is 17.6 Å². The fourth-order valence-corrected chi connectivity index (χ4v) is 10.3. The van der Waals surface area contributed by atoms with Gasteiger partial charge in [-0.1, -0.05) is 72.8 Å². The Bertz CT molecular complexity index is 3320. The molecule has 320 valence electrons. The average molecular weight is 897 g/mol. The van der Waals surface area contributed by atoms with Crippen LogP contribution in [0.15, 0.2) is 121 Å². The van der Waals surface area contributed by atoms with Crippen LogP contribution in [0.5, 0.6) is 0 Å². The smallest absolute Gasteiger partial charge is 0.194 e. The maximum absolute atomic E-state index is 15.3. The number of hydrogen-bond acceptors (Lipinski definition) is 0. The first-order valence-corrected chi connectivity index (χ1v) is 20.1. The number of halogens is 12. The molecule has 0 N–H and O–H groups in total. The van der Waals surface area contributed by atoms with Crippen LogP contribution < -0.4 is 0 Å². The molecule has 0 saturated carbocycles. The van der Waals surface area contributed by atoms with E-state index in [1.807, 2.05) is 0 Å². The summed E-state index contributed by atoms with van der Waals surface area (Å²) < 4.78 is 180. The minimum atomic E-state index is -1.72. The zero-order valence-corrected chi connectivity index (χ0v) is 33.1. The molecule has 66 heavy (non-hydrogen) atoms. The predicted octanol–water partition coefficient (Wildman–Crippen LogP) is 16.8. The summed E-state index contributed by atoms with van der Waals surface area (Å²) in [6.45, 7) is 0. The first kappa shape index (κ1) is 39.7. The summed E-state index contributed by atoms with van der Waals surface area (Å²) in [7, 11) is 0. The van der Waals surface area contributed by atoms with Crippen LogP contribution in [-0.4, -0.2) is 0 Å². The monoisotopic (exact) mass is 896 g/mol. The summed E-state index contributed by atoms with van der Waals surface area (Å²) >= 11 is 0. The van der Waals surface area contributed by atoms with Crippen molar-refractivity contribution >= 4 is 32.3 Å². The maximum Gasteiger partial charge on any atom is 0.194 e. The van der Waals surface area contributed by atoms with Crippen LogP contribution in [0.25, 0.3) is 121 Å². The number of benzene rings is 10. The van der Waals surface area contributed by atoms with Crippen molar-refractivity contribution in [2.75, 3.05) is 0 Å². The van der Waals surface area contributed by atoms with Gasteiger partial charge in [0.15, 0.2) is 69.8 Å². The van der Waals surface area contributed by atoms with Crippen molar-refractivity contribution in [3.05, 3.63) is 191 Å². The van der Waals surface area contributed by atoms with Gasteiger partial charge < -0.3 is 0 Å². The number of fused-ring (bicyclic) bond motifs is 8. The molecule has 0 aliphatic heterocycles. The highest BCUT2D eigenvalue weighted by atomic mass is 19.2. The molecule has 12 rings (SSSR count). The summed E-state index contributed by atoms with van der Waals surface area (Å²) in [5.74, 6) is -18.9. The first-order chi connectivity index (χ1) is 31.7. The van der Waals surface area contributed by atoms with Gasteiger partial charge in [0.05, 0.1) is 0 Å². The van der Waals surface area contributed by atoms with Gasteiger partial charge in [0.2, 0.25) is 0 Å². The van der Waals surface area contributed by atoms with Crippen molar-refractivity contribution in [3.63, 3.8) is 0 Å². The third-order valence-electron chi connectivity index (χ3n) is 12.8. The summed E-state index contributed by atoms with van der Waals surface area (Å²) in [6, 6.07) is 26.0. The maximum atomic E-state index is 15.3. The second-order valence-electron chi connectivity index (χ2n) is 16.2. The van der Waals surface area contributed by atoms with Gasteiger partial charge >= 0.3 is 0 Å². The lowest BCUT2D eigenvalue weighted by Crippen LogP contribution is -1.98. The van der Waals surface area contributed by atoms with Crippen molar-refractivity contribution in [1.29, 1.82) is 0 Å². The van der Waals surface area contributed by atoms with Gasteiger partial charge in [-0.2, -0.15) is 0 Å². The molecule has 0 heterocycles. The van der Waals surface area contributed by atoms with E-state index in [0.717, 1.165) is 48.5 Å². The zero-order valence-electron chi connectivity index (χ0n) is 33.1. The van der Waals surface area contributed by atoms with Gasteiger partial charge in [-0.15, -0.1) is 0 Å². The Kier molecular flexibility index (Phi) is 8.32. The third kappa shape index (κ3) is 5.26. The van der Waals surface area contributed by atoms with Gasteiger partial charge in [-0.3, -0.25) is 0 Å². The molecule has 0 aromatic heterocycles. The van der Waals surface area contributed by atoms with Gasteiger partial charge in [0, 0.05) is 0 Å². The standard InChI is InChI=1S/C54H20F12/c55-33-13-21(14-34(56)51(33)63)41-25-5-1-2-6-26(25)42(22-15-35(57)52(64)36(58)16-22)48-30-11-12-32-46-31(10-9-29(45(30)46)47(41)48)49-43(23-17-37(59)53(65)38(60)18-23)27-7-3-4-8-28(27)44(50(32)49)24-19-39(61)54(66)40(62)20-24/h1-20H. The predicted molar refractivity (Wildman–Crippen MR) is 229 cm³/mol. The molecule has 0 amide bonds. The van der Waals surface area contributed by atoms with E-state index in [1.165, 1.54) is 0 Å². The van der Waals surface area contributed by atoms with Crippen molar-refractivity contribution in [2.45, 2.75) is 0 Å². The zero-order chi connectivity index (χ0) is 45.8. The molecule has 0 unspecified atom stereocenters. The topological polar surface area (TPSA) is 0 Å². The van der Waals surface area contributed by atoms with Crippen molar-refractivity contribution in [2.24, 2.45) is 0 Å². The Morgan fingerprint density at radius 2 is 0.394 bits per heavy atom. The molecule has 10 aromatic rings. The van der Waals surface area contributed by atoms with Gasteiger partial charge in [0.1, 0.15) is 0 Å². The highest BCUT2D eigenvalue weighted by molar-refractivity contribution is 6.35. The molecule has 0 saturated heterocycles. The summed E-state index contributed by atoms with van der Waals surface area (Å²) in [5, 5.41) is 2.11. The van der Waals surface area contributed by atoms with Crippen LogP contribution in [0.2, 0.25) is 0 Å². The highest BCUT2D eigenvalue weighted by Gasteiger charge is 2.38. The fraction of sp³-hybridized carbons (Fsp3) is 0. The Hall–Kier alpha value is -7.86. The van der Waals surface area contributed by atoms with E-state index in [4.69, 9.17) is 0 Å². The van der Waals surface area contributed by atoms with Gasteiger partial charge in [-0.05, 0) is 170 Å². The van der Waals surface area contributed by atoms with E-state index in [2.05, 4.69) is 0 Å². The molecule has 0 fully saturated rings. The lowest BCUT2D eigenvalue weighted by molar-refractivity contribution is 0.447. The molecule has 0 spiro atoms. The molecule has 0 atom stereocenters. The number of hydrogen-bond donors (Lipinski definition) is 0. The van der Waals surface area contributed by atoms with Crippen LogP contribution in [0.1, 0.15) is 0 Å². The van der Waals surface area contributed by atoms with E-state index in [-0.39, 0.29) is 66.8 Å². The normalized spacial score (nSPS) is 12.2. The molecule has 10 aromatic carbocycles. The Labute approximate surface area is 364 Å². The molecular weight excluding hydrogens is 877 g/mol. The first-order valence-electron chi connectivity index (χ1n) is 20.1. The van der Waals surface area contributed by atoms with E-state index in [0.29, 0.717) is 54.6 Å². The molecule has 0 bridgehead atoms. The van der Waals surface area contributed by atoms with Crippen molar-refractivity contribution in [1.82, 2.24) is 0 Å². The van der Waals surface area contributed by atoms with Crippen LogP contribution in [0.4, 0.5) is 52.7 Å². The largest absolute Gasteiger partial charge is 0.204 e. The van der Waals surface area contributed by atoms with E-state index >= 15 is 35.1 Å². The molecule has 12 heteroatoms. The Morgan fingerprint density at radius 3 is 0.576 bits per heavy atom. The Balaban J connectivity index is 1.28. The highest BCUT2D eigenvalue weighted by Crippen LogP contribution is 2.64. The van der Waals surface area contributed by atoms with E-state index < -0.39 is 69.8 Å². The quantitative estimate of drug-likeness (QED) is 0.122. The molecule has 2 aliphatic carbocycles. The van der Waals surface area contributed by atoms with Crippen LogP contribution in [-0.2, 0) is 0 Å². The Morgan fingerprint density at radius 1 is 0.212 bits per heavy atom.